The van der Waals surface area contributed by atoms with Gasteiger partial charge in [0.25, 0.3) is 0 Å². The van der Waals surface area contributed by atoms with E-state index in [-0.39, 0.29) is 12.0 Å². The average molecular weight is 365 g/mol. The van der Waals surface area contributed by atoms with Crippen molar-refractivity contribution in [1.82, 2.24) is 5.32 Å². The molecule has 2 N–H and O–H groups in total. The molecule has 2 aromatic rings. The van der Waals surface area contributed by atoms with Gasteiger partial charge in [-0.2, -0.15) is 0 Å². The number of fused-ring (bicyclic) bond motifs is 1. The van der Waals surface area contributed by atoms with E-state index in [4.69, 9.17) is 4.74 Å². The Morgan fingerprint density at radius 3 is 2.74 bits per heavy atom. The second kappa shape index (κ2) is 8.44. The van der Waals surface area contributed by atoms with Crippen molar-refractivity contribution in [3.05, 3.63) is 59.7 Å². The van der Waals surface area contributed by atoms with Gasteiger partial charge in [-0.1, -0.05) is 36.4 Å². The van der Waals surface area contributed by atoms with E-state index in [0.29, 0.717) is 6.61 Å². The molecule has 2 aliphatic heterocycles. The van der Waals surface area contributed by atoms with Gasteiger partial charge in [-0.3, -0.25) is 0 Å². The molecule has 0 aromatic heterocycles. The highest BCUT2D eigenvalue weighted by atomic mass is 16.5. The fourth-order valence-electron chi connectivity index (χ4n) is 3.80. The van der Waals surface area contributed by atoms with Crippen molar-refractivity contribution in [2.45, 2.75) is 31.9 Å². The minimum Gasteiger partial charge on any atom is -0.459 e. The predicted molar refractivity (Wildman–Crippen MR) is 108 cm³/mol. The van der Waals surface area contributed by atoms with Crippen molar-refractivity contribution in [2.24, 2.45) is 0 Å². The maximum atomic E-state index is 12.6. The first-order valence-corrected chi connectivity index (χ1v) is 9.85. The third-order valence-corrected chi connectivity index (χ3v) is 5.35. The van der Waals surface area contributed by atoms with Crippen LogP contribution in [0.5, 0.6) is 0 Å². The van der Waals surface area contributed by atoms with E-state index in [1.165, 1.54) is 11.3 Å². The van der Waals surface area contributed by atoms with E-state index in [1.54, 1.807) is 0 Å². The summed E-state index contributed by atoms with van der Waals surface area (Å²) in [6.07, 6.45) is 2.77. The molecular weight excluding hydrogens is 338 g/mol. The number of nitrogens with zero attached hydrogens (tertiary/aromatic N) is 1. The number of carbonyl (C=O) groups is 1. The number of aryl methyl sites for hydroxylation is 1. The summed E-state index contributed by atoms with van der Waals surface area (Å²) in [5.41, 5.74) is 4.60. The summed E-state index contributed by atoms with van der Waals surface area (Å²) in [4.78, 5) is 15.0. The van der Waals surface area contributed by atoms with Crippen LogP contribution in [0.2, 0.25) is 0 Å². The Kier molecular flexibility index (Phi) is 5.58. The third kappa shape index (κ3) is 4.42. The minimum absolute atomic E-state index is 0.167. The van der Waals surface area contributed by atoms with Crippen LogP contribution >= 0.6 is 0 Å². The Balaban J connectivity index is 1.44. The molecule has 1 fully saturated rings. The molecule has 0 spiro atoms. The van der Waals surface area contributed by atoms with E-state index in [9.17, 15) is 4.79 Å². The molecule has 1 saturated heterocycles. The van der Waals surface area contributed by atoms with Crippen molar-refractivity contribution < 1.29 is 9.53 Å². The lowest BCUT2D eigenvalue weighted by Gasteiger charge is -2.30. The van der Waals surface area contributed by atoms with E-state index in [2.05, 4.69) is 33.7 Å². The molecule has 27 heavy (non-hydrogen) atoms. The van der Waals surface area contributed by atoms with Crippen LogP contribution in [0.4, 0.5) is 11.4 Å². The molecule has 2 aromatic carbocycles. The average Bonchev–Trinajstić information content (AvgIpc) is 2.95. The van der Waals surface area contributed by atoms with Gasteiger partial charge in [-0.05, 0) is 42.5 Å². The lowest BCUT2D eigenvalue weighted by Crippen LogP contribution is -2.43. The second-order valence-electron chi connectivity index (χ2n) is 7.26. The molecule has 5 heteroatoms. The van der Waals surface area contributed by atoms with Crippen molar-refractivity contribution in [1.29, 1.82) is 0 Å². The Morgan fingerprint density at radius 1 is 1.11 bits per heavy atom. The fraction of sp³-hybridized carbons (Fsp3) is 0.409. The van der Waals surface area contributed by atoms with E-state index >= 15 is 0 Å². The zero-order valence-electron chi connectivity index (χ0n) is 15.6. The summed E-state index contributed by atoms with van der Waals surface area (Å²) in [5.74, 6) is -0.167. The Morgan fingerprint density at radius 2 is 1.93 bits per heavy atom. The molecule has 0 radical (unpaired) electrons. The number of hydrogen-bond acceptors (Lipinski definition) is 5. The summed E-state index contributed by atoms with van der Waals surface area (Å²) < 4.78 is 5.56. The summed E-state index contributed by atoms with van der Waals surface area (Å²) in [6, 6.07) is 16.2. The highest BCUT2D eigenvalue weighted by Gasteiger charge is 2.24. The molecule has 5 nitrogen and oxygen atoms in total. The molecule has 2 aliphatic rings. The van der Waals surface area contributed by atoms with Crippen LogP contribution in [0.15, 0.2) is 48.5 Å². The van der Waals surface area contributed by atoms with Gasteiger partial charge >= 0.3 is 5.97 Å². The molecule has 0 amide bonds. The van der Waals surface area contributed by atoms with Gasteiger partial charge in [0.05, 0.1) is 0 Å². The van der Waals surface area contributed by atoms with Crippen LogP contribution in [-0.2, 0) is 22.6 Å². The first-order chi connectivity index (χ1) is 13.3. The Hall–Kier alpha value is -2.53. The summed E-state index contributed by atoms with van der Waals surface area (Å²) >= 11 is 0. The lowest BCUT2D eigenvalue weighted by molar-refractivity contribution is -0.146. The van der Waals surface area contributed by atoms with Crippen LogP contribution in [0, 0.1) is 0 Å². The third-order valence-electron chi connectivity index (χ3n) is 5.35. The standard InChI is InChI=1S/C22H27N3O2/c26-22(27-16-17-5-2-1-3-6-17)20-8-4-7-18-9-10-19(15-21(18)24-20)25-13-11-23-12-14-25/h1-3,5-6,9-10,15,20,23-24H,4,7-8,11-14,16H2. The van der Waals surface area contributed by atoms with Gasteiger partial charge in [0.2, 0.25) is 0 Å². The van der Waals surface area contributed by atoms with Gasteiger partial charge in [-0.15, -0.1) is 0 Å². The number of benzene rings is 2. The van der Waals surface area contributed by atoms with Crippen molar-refractivity contribution in [2.75, 3.05) is 36.4 Å². The monoisotopic (exact) mass is 365 g/mol. The quantitative estimate of drug-likeness (QED) is 0.816. The topological polar surface area (TPSA) is 53.6 Å². The minimum atomic E-state index is -0.284. The van der Waals surface area contributed by atoms with Crippen LogP contribution in [0.1, 0.15) is 24.0 Å². The lowest BCUT2D eigenvalue weighted by atomic mass is 10.1. The number of hydrogen-bond donors (Lipinski definition) is 2. The van der Waals surface area contributed by atoms with Gasteiger partial charge < -0.3 is 20.3 Å². The number of esters is 1. The van der Waals surface area contributed by atoms with Gasteiger partial charge in [0.1, 0.15) is 12.6 Å². The number of nitrogens with one attached hydrogen (secondary N) is 2. The second-order valence-corrected chi connectivity index (χ2v) is 7.26. The first kappa shape index (κ1) is 17.9. The molecule has 0 saturated carbocycles. The van der Waals surface area contributed by atoms with Crippen LogP contribution in [0.3, 0.4) is 0 Å². The normalized spacial score (nSPS) is 19.6. The van der Waals surface area contributed by atoms with Crippen LogP contribution in [-0.4, -0.2) is 38.2 Å². The number of piperazine rings is 1. The Bertz CT molecular complexity index is 772. The van der Waals surface area contributed by atoms with E-state index in [1.807, 2.05) is 30.3 Å². The molecule has 1 unspecified atom stereocenters. The summed E-state index contributed by atoms with van der Waals surface area (Å²) in [5, 5.41) is 6.85. The Labute approximate surface area is 160 Å². The fourth-order valence-corrected chi connectivity index (χ4v) is 3.80. The van der Waals surface area contributed by atoms with Crippen molar-refractivity contribution in [3.8, 4) is 0 Å². The SMILES string of the molecule is O=C(OCc1ccccc1)C1CCCc2ccc(N3CCNCC3)cc2N1. The molecule has 2 heterocycles. The number of anilines is 2. The number of rotatable bonds is 4. The molecular formula is C22H27N3O2. The maximum Gasteiger partial charge on any atom is 0.328 e. The van der Waals surface area contributed by atoms with E-state index < -0.39 is 0 Å². The molecule has 4 rings (SSSR count). The maximum absolute atomic E-state index is 12.6. The van der Waals surface area contributed by atoms with Crippen LogP contribution < -0.4 is 15.5 Å². The summed E-state index contributed by atoms with van der Waals surface area (Å²) in [6.45, 7) is 4.38. The van der Waals surface area contributed by atoms with Gasteiger partial charge in [-0.25, -0.2) is 4.79 Å². The number of ether oxygens (including phenoxy) is 1. The zero-order valence-corrected chi connectivity index (χ0v) is 15.6. The molecule has 142 valence electrons. The highest BCUT2D eigenvalue weighted by Crippen LogP contribution is 2.29. The summed E-state index contributed by atoms with van der Waals surface area (Å²) in [7, 11) is 0. The number of carbonyl (C=O) groups excluding carboxylic acids is 1. The molecule has 1 atom stereocenters. The zero-order chi connectivity index (χ0) is 18.5. The van der Waals surface area contributed by atoms with Crippen LogP contribution in [0.25, 0.3) is 0 Å². The smallest absolute Gasteiger partial charge is 0.328 e. The van der Waals surface area contributed by atoms with Crippen molar-refractivity contribution >= 4 is 17.3 Å². The predicted octanol–water partition coefficient (Wildman–Crippen LogP) is 2.96. The van der Waals surface area contributed by atoms with Gasteiger partial charge in [0, 0.05) is 37.6 Å². The molecule has 0 bridgehead atoms. The van der Waals surface area contributed by atoms with E-state index in [0.717, 1.165) is 56.7 Å². The van der Waals surface area contributed by atoms with Crippen molar-refractivity contribution in [3.63, 3.8) is 0 Å². The molecule has 0 aliphatic carbocycles. The first-order valence-electron chi connectivity index (χ1n) is 9.85. The van der Waals surface area contributed by atoms with Gasteiger partial charge in [0.15, 0.2) is 0 Å². The largest absolute Gasteiger partial charge is 0.459 e. The highest BCUT2D eigenvalue weighted by molar-refractivity contribution is 5.80.